The molecule has 282 valence electrons. The summed E-state index contributed by atoms with van der Waals surface area (Å²) in [6, 6.07) is 23.4. The number of imidazole rings is 2. The molecule has 2 amide bonds. The van der Waals surface area contributed by atoms with E-state index in [0.29, 0.717) is 32.1 Å². The normalized spacial score (nSPS) is 19.9. The first-order valence-corrected chi connectivity index (χ1v) is 19.4. The second kappa shape index (κ2) is 14.3. The van der Waals surface area contributed by atoms with Gasteiger partial charge in [0, 0.05) is 43.5 Å². The van der Waals surface area contributed by atoms with Gasteiger partial charge in [-0.15, -0.1) is 0 Å². The molecule has 0 aliphatic carbocycles. The van der Waals surface area contributed by atoms with Crippen molar-refractivity contribution in [3.63, 3.8) is 0 Å². The predicted molar refractivity (Wildman–Crippen MR) is 212 cm³/mol. The zero-order valence-corrected chi connectivity index (χ0v) is 31.5. The molecule has 11 nitrogen and oxygen atoms in total. The van der Waals surface area contributed by atoms with Crippen LogP contribution in [-0.2, 0) is 20.9 Å². The van der Waals surface area contributed by atoms with Gasteiger partial charge in [-0.1, -0.05) is 62.4 Å². The Morgan fingerprint density at radius 3 is 2.65 bits per heavy atom. The molecule has 2 saturated heterocycles. The van der Waals surface area contributed by atoms with Crippen LogP contribution in [-0.4, -0.2) is 68.4 Å². The lowest BCUT2D eigenvalue weighted by Gasteiger charge is -2.26. The van der Waals surface area contributed by atoms with Gasteiger partial charge in [0.25, 0.3) is 0 Å². The molecular formula is C44H47N7O4. The molecule has 4 N–H and O–H groups in total. The van der Waals surface area contributed by atoms with Crippen LogP contribution in [0.15, 0.2) is 79.0 Å². The van der Waals surface area contributed by atoms with Gasteiger partial charge in [0.1, 0.15) is 30.0 Å². The standard InChI is InChI=1S/C44H47N7O4/c1-25(2)16-39(52)50-15-7-10-36(50)42-46-21-35(48-42)29-11-13-31-30(18-29)24-55-38-20-32-28(19-33(31)38)12-14-34-41(32)49-43(47-34)37-17-26(23-54-3)22-51(37)44(53)40(45)27-8-5-4-6-9-27/h4-6,8-9,11-14,18-21,25-26,36-37,40H,7,10,15-17,22-24,45H2,1-3H3,(H,46,48)(H,47,49)/t26-,36-,37-,40+/m0/s1. The number of carbonyl (C=O) groups excluding carboxylic acids is 2. The van der Waals surface area contributed by atoms with E-state index in [-0.39, 0.29) is 29.8 Å². The minimum Gasteiger partial charge on any atom is -0.488 e. The van der Waals surface area contributed by atoms with Crippen molar-refractivity contribution >= 4 is 33.6 Å². The largest absolute Gasteiger partial charge is 0.488 e. The van der Waals surface area contributed by atoms with Gasteiger partial charge in [0.2, 0.25) is 11.8 Å². The van der Waals surface area contributed by atoms with Crippen LogP contribution in [0.2, 0.25) is 0 Å². The number of hydrogen-bond acceptors (Lipinski definition) is 7. The number of aromatic amines is 2. The molecule has 11 heteroatoms. The Bertz CT molecular complexity index is 2400. The number of rotatable bonds is 9. The van der Waals surface area contributed by atoms with Gasteiger partial charge < -0.3 is 35.0 Å². The van der Waals surface area contributed by atoms with Crippen molar-refractivity contribution in [3.8, 4) is 28.1 Å². The van der Waals surface area contributed by atoms with Gasteiger partial charge in [0.15, 0.2) is 0 Å². The maximum atomic E-state index is 13.9. The number of hydrogen-bond donors (Lipinski definition) is 3. The Balaban J connectivity index is 0.993. The fourth-order valence-corrected chi connectivity index (χ4v) is 8.86. The van der Waals surface area contributed by atoms with Gasteiger partial charge >= 0.3 is 0 Å². The topological polar surface area (TPSA) is 142 Å². The molecule has 5 heterocycles. The third-order valence-corrected chi connectivity index (χ3v) is 11.6. The van der Waals surface area contributed by atoms with Gasteiger partial charge in [-0.3, -0.25) is 9.59 Å². The average Bonchev–Trinajstić information content (AvgIpc) is 4.02. The van der Waals surface area contributed by atoms with E-state index in [0.717, 1.165) is 98.5 Å². The molecule has 0 radical (unpaired) electrons. The number of nitrogens with zero attached hydrogens (tertiary/aromatic N) is 4. The van der Waals surface area contributed by atoms with Gasteiger partial charge in [0.05, 0.1) is 41.6 Å². The molecule has 4 aromatic carbocycles. The summed E-state index contributed by atoms with van der Waals surface area (Å²) in [4.78, 5) is 47.7. The van der Waals surface area contributed by atoms with Gasteiger partial charge in [-0.2, -0.15) is 0 Å². The number of carbonyl (C=O) groups is 2. The summed E-state index contributed by atoms with van der Waals surface area (Å²) in [5.41, 5.74) is 14.3. The Morgan fingerprint density at radius 1 is 0.982 bits per heavy atom. The van der Waals surface area contributed by atoms with Crippen molar-refractivity contribution in [1.29, 1.82) is 0 Å². The summed E-state index contributed by atoms with van der Waals surface area (Å²) in [6.07, 6.45) is 5.07. The second-order valence-corrected chi connectivity index (χ2v) is 15.8. The minimum absolute atomic E-state index is 0.0108. The molecular weight excluding hydrogens is 691 g/mol. The number of nitrogens with one attached hydrogen (secondary N) is 2. The SMILES string of the molecule is COC[C@H]1C[C@@H](c2nc3c(ccc4cc5c(cc43)OCc3cc(-c4cnc([C@@H]6CCCN6C(=O)CC(C)C)[nH]4)ccc3-5)[nH]2)N(C(=O)[C@H](N)c2ccccc2)C1. The molecule has 0 bridgehead atoms. The van der Waals surface area contributed by atoms with Crippen LogP contribution in [0.4, 0.5) is 0 Å². The summed E-state index contributed by atoms with van der Waals surface area (Å²) < 4.78 is 11.9. The quantitative estimate of drug-likeness (QED) is 0.139. The van der Waals surface area contributed by atoms with Crippen LogP contribution < -0.4 is 10.5 Å². The Morgan fingerprint density at radius 2 is 1.84 bits per heavy atom. The van der Waals surface area contributed by atoms with Crippen LogP contribution in [0.3, 0.4) is 0 Å². The third-order valence-electron chi connectivity index (χ3n) is 11.6. The van der Waals surface area contributed by atoms with E-state index in [9.17, 15) is 9.59 Å². The summed E-state index contributed by atoms with van der Waals surface area (Å²) >= 11 is 0. The van der Waals surface area contributed by atoms with Crippen molar-refractivity contribution in [1.82, 2.24) is 29.7 Å². The molecule has 0 saturated carbocycles. The fourth-order valence-electron chi connectivity index (χ4n) is 8.86. The maximum absolute atomic E-state index is 13.9. The van der Waals surface area contributed by atoms with Gasteiger partial charge in [-0.05, 0) is 77.1 Å². The molecule has 3 aliphatic rings. The first-order chi connectivity index (χ1) is 26.7. The highest BCUT2D eigenvalue weighted by atomic mass is 16.5. The van der Waals surface area contributed by atoms with E-state index in [1.165, 1.54) is 0 Å². The molecule has 2 fully saturated rings. The monoisotopic (exact) mass is 737 g/mol. The molecule has 3 aliphatic heterocycles. The van der Waals surface area contributed by atoms with E-state index in [2.05, 4.69) is 66.3 Å². The van der Waals surface area contributed by atoms with Crippen molar-refractivity contribution in [2.24, 2.45) is 17.6 Å². The predicted octanol–water partition coefficient (Wildman–Crippen LogP) is 7.61. The van der Waals surface area contributed by atoms with Crippen molar-refractivity contribution in [3.05, 3.63) is 102 Å². The summed E-state index contributed by atoms with van der Waals surface area (Å²) in [5.74, 6) is 2.99. The minimum atomic E-state index is -0.760. The number of H-pyrrole nitrogens is 2. The first-order valence-electron chi connectivity index (χ1n) is 19.4. The van der Waals surface area contributed by atoms with Crippen LogP contribution in [0.5, 0.6) is 5.75 Å². The van der Waals surface area contributed by atoms with E-state index < -0.39 is 6.04 Å². The average molecular weight is 738 g/mol. The highest BCUT2D eigenvalue weighted by Crippen LogP contribution is 2.44. The highest BCUT2D eigenvalue weighted by Gasteiger charge is 2.40. The number of likely N-dealkylation sites (tertiary alicyclic amines) is 2. The molecule has 2 aromatic heterocycles. The van der Waals surface area contributed by atoms with E-state index in [1.54, 1.807) is 7.11 Å². The summed E-state index contributed by atoms with van der Waals surface area (Å²) in [5, 5.41) is 2.04. The lowest BCUT2D eigenvalue weighted by atomic mass is 9.92. The number of aromatic nitrogens is 4. The Kier molecular flexibility index (Phi) is 9.14. The first kappa shape index (κ1) is 35.2. The van der Waals surface area contributed by atoms with Crippen molar-refractivity contribution < 1.29 is 19.1 Å². The zero-order chi connectivity index (χ0) is 37.8. The second-order valence-electron chi connectivity index (χ2n) is 15.8. The Hall–Kier alpha value is -5.52. The Labute approximate surface area is 320 Å². The number of methoxy groups -OCH3 is 1. The number of fused-ring (bicyclic) bond motifs is 6. The van der Waals surface area contributed by atoms with Crippen LogP contribution in [0.25, 0.3) is 44.2 Å². The number of ether oxygens (including phenoxy) is 2. The molecule has 9 rings (SSSR count). The molecule has 4 atom stereocenters. The van der Waals surface area contributed by atoms with E-state index in [4.69, 9.17) is 25.2 Å². The van der Waals surface area contributed by atoms with Crippen molar-refractivity contribution in [2.75, 3.05) is 26.8 Å². The number of benzene rings is 4. The lowest BCUT2D eigenvalue weighted by Crippen LogP contribution is -2.39. The van der Waals surface area contributed by atoms with E-state index >= 15 is 0 Å². The summed E-state index contributed by atoms with van der Waals surface area (Å²) in [6.45, 7) is 6.50. The van der Waals surface area contributed by atoms with Crippen LogP contribution in [0, 0.1) is 11.8 Å². The summed E-state index contributed by atoms with van der Waals surface area (Å²) in [7, 11) is 1.70. The fraction of sp³-hybridized carbons (Fsp3) is 0.364. The molecule has 55 heavy (non-hydrogen) atoms. The maximum Gasteiger partial charge on any atom is 0.244 e. The lowest BCUT2D eigenvalue weighted by molar-refractivity contribution is -0.134. The zero-order valence-electron chi connectivity index (χ0n) is 31.5. The van der Waals surface area contributed by atoms with Crippen molar-refractivity contribution in [2.45, 2.75) is 64.3 Å². The van der Waals surface area contributed by atoms with Crippen LogP contribution >= 0.6 is 0 Å². The molecule has 0 spiro atoms. The smallest absolute Gasteiger partial charge is 0.244 e. The highest BCUT2D eigenvalue weighted by molar-refractivity contribution is 6.07. The van der Waals surface area contributed by atoms with E-state index in [1.807, 2.05) is 46.3 Å². The number of amides is 2. The number of nitrogens with two attached hydrogens (primary N) is 1. The molecule has 0 unspecified atom stereocenters. The van der Waals surface area contributed by atoms with Crippen LogP contribution in [0.1, 0.15) is 80.4 Å². The third kappa shape index (κ3) is 6.44. The molecule has 6 aromatic rings. The van der Waals surface area contributed by atoms with Gasteiger partial charge in [-0.25, -0.2) is 9.97 Å².